The molecule has 0 spiro atoms. The molecule has 2 unspecified atom stereocenters. The molecule has 1 heterocycles. The van der Waals surface area contributed by atoms with Crippen molar-refractivity contribution in [1.29, 1.82) is 0 Å². The van der Waals surface area contributed by atoms with Gasteiger partial charge in [0.15, 0.2) is 0 Å². The first-order valence-corrected chi connectivity index (χ1v) is 9.16. The molecule has 2 fully saturated rings. The van der Waals surface area contributed by atoms with Gasteiger partial charge in [-0.1, -0.05) is 40.3 Å². The Bertz CT molecular complexity index is 262. The molecule has 0 amide bonds. The summed E-state index contributed by atoms with van der Waals surface area (Å²) in [7, 11) is 0. The minimum Gasteiger partial charge on any atom is -0.342 e. The standard InChI is InChI=1S/C17H35BN2/c1-5-19(6-2)14-17-10-15-9-16(11-17)13-18(12-15)20(7-3)8-4/h15-17H,5-14H2,1-4H3. The maximum Gasteiger partial charge on any atom is 0.223 e. The maximum absolute atomic E-state index is 2.71. The van der Waals surface area contributed by atoms with Gasteiger partial charge in [0, 0.05) is 6.54 Å². The third kappa shape index (κ3) is 4.01. The number of nitrogens with zero attached hydrogens (tertiary/aromatic N) is 2. The lowest BCUT2D eigenvalue weighted by molar-refractivity contribution is 0.148. The van der Waals surface area contributed by atoms with Gasteiger partial charge in [-0.2, -0.15) is 0 Å². The molecule has 0 aromatic rings. The molecule has 0 radical (unpaired) electrons. The minimum atomic E-state index is 0.892. The monoisotopic (exact) mass is 278 g/mol. The fourth-order valence-electron chi connectivity index (χ4n) is 4.99. The van der Waals surface area contributed by atoms with Crippen LogP contribution in [0, 0.1) is 17.8 Å². The van der Waals surface area contributed by atoms with Gasteiger partial charge in [-0.15, -0.1) is 0 Å². The molecule has 2 rings (SSSR count). The Kier molecular flexibility index (Phi) is 6.41. The molecular weight excluding hydrogens is 243 g/mol. The molecular formula is C17H35BN2. The van der Waals surface area contributed by atoms with Crippen molar-refractivity contribution >= 4 is 6.85 Å². The van der Waals surface area contributed by atoms with Crippen LogP contribution in [0.2, 0.25) is 12.6 Å². The molecule has 1 aliphatic carbocycles. The van der Waals surface area contributed by atoms with E-state index in [2.05, 4.69) is 37.4 Å². The van der Waals surface area contributed by atoms with Crippen LogP contribution in [-0.2, 0) is 0 Å². The Labute approximate surface area is 127 Å². The fourth-order valence-corrected chi connectivity index (χ4v) is 4.99. The zero-order valence-electron chi connectivity index (χ0n) is 14.3. The Morgan fingerprint density at radius 3 is 1.80 bits per heavy atom. The number of hydrogen-bond acceptors (Lipinski definition) is 2. The predicted molar refractivity (Wildman–Crippen MR) is 90.4 cm³/mol. The van der Waals surface area contributed by atoms with Gasteiger partial charge in [-0.25, -0.2) is 0 Å². The van der Waals surface area contributed by atoms with Gasteiger partial charge in [-0.3, -0.25) is 0 Å². The number of rotatable bonds is 7. The second kappa shape index (κ2) is 7.84. The van der Waals surface area contributed by atoms with Crippen LogP contribution in [0.1, 0.15) is 47.0 Å². The van der Waals surface area contributed by atoms with Crippen LogP contribution in [-0.4, -0.2) is 49.3 Å². The molecule has 0 aromatic heterocycles. The fraction of sp³-hybridized carbons (Fsp3) is 1.00. The van der Waals surface area contributed by atoms with Crippen molar-refractivity contribution in [3.63, 3.8) is 0 Å². The van der Waals surface area contributed by atoms with Gasteiger partial charge in [0.05, 0.1) is 0 Å². The Balaban J connectivity index is 1.88. The van der Waals surface area contributed by atoms with Crippen LogP contribution in [0.25, 0.3) is 0 Å². The van der Waals surface area contributed by atoms with Crippen LogP contribution in [0.15, 0.2) is 0 Å². The highest BCUT2D eigenvalue weighted by Crippen LogP contribution is 2.44. The molecule has 2 aliphatic rings. The summed E-state index contributed by atoms with van der Waals surface area (Å²) in [6, 6.07) is 0. The zero-order chi connectivity index (χ0) is 14.5. The molecule has 3 heteroatoms. The first-order chi connectivity index (χ1) is 9.69. The van der Waals surface area contributed by atoms with Gasteiger partial charge >= 0.3 is 0 Å². The zero-order valence-corrected chi connectivity index (χ0v) is 14.3. The van der Waals surface area contributed by atoms with E-state index in [1.54, 1.807) is 0 Å². The van der Waals surface area contributed by atoms with Crippen LogP contribution in [0.5, 0.6) is 0 Å². The third-order valence-electron chi connectivity index (χ3n) is 5.95. The number of fused-ring (bicyclic) bond motifs is 2. The highest BCUT2D eigenvalue weighted by Gasteiger charge is 2.39. The van der Waals surface area contributed by atoms with E-state index in [0.717, 1.165) is 24.6 Å². The topological polar surface area (TPSA) is 6.48 Å². The van der Waals surface area contributed by atoms with Gasteiger partial charge in [-0.05, 0) is 63.2 Å². The molecule has 0 N–H and O–H groups in total. The first kappa shape index (κ1) is 16.4. The van der Waals surface area contributed by atoms with Gasteiger partial charge < -0.3 is 9.71 Å². The molecule has 20 heavy (non-hydrogen) atoms. The third-order valence-corrected chi connectivity index (χ3v) is 5.95. The van der Waals surface area contributed by atoms with Crippen LogP contribution < -0.4 is 0 Å². The molecule has 1 saturated heterocycles. The average molecular weight is 278 g/mol. The Morgan fingerprint density at radius 2 is 1.35 bits per heavy atom. The lowest BCUT2D eigenvalue weighted by Gasteiger charge is -2.45. The van der Waals surface area contributed by atoms with Crippen LogP contribution in [0.4, 0.5) is 0 Å². The summed E-state index contributed by atoms with van der Waals surface area (Å²) in [5, 5.41) is 0. The lowest BCUT2D eigenvalue weighted by atomic mass is 9.42. The highest BCUT2D eigenvalue weighted by molar-refractivity contribution is 6.56. The minimum absolute atomic E-state index is 0.892. The van der Waals surface area contributed by atoms with E-state index in [-0.39, 0.29) is 0 Å². The molecule has 2 bridgehead atoms. The lowest BCUT2D eigenvalue weighted by Crippen LogP contribution is -2.47. The molecule has 1 saturated carbocycles. The SMILES string of the molecule is CCN(CC)CC1CC2CB(N(CC)CC)CC(C2)C1. The van der Waals surface area contributed by atoms with Crippen molar-refractivity contribution in [2.45, 2.75) is 59.6 Å². The summed E-state index contributed by atoms with van der Waals surface area (Å²) in [4.78, 5) is 5.34. The average Bonchev–Trinajstić information content (AvgIpc) is 2.45. The Hall–Kier alpha value is -0.0151. The Morgan fingerprint density at radius 1 is 0.800 bits per heavy atom. The summed E-state index contributed by atoms with van der Waals surface area (Å²) >= 11 is 0. The maximum atomic E-state index is 2.71. The van der Waals surface area contributed by atoms with E-state index < -0.39 is 0 Å². The van der Waals surface area contributed by atoms with E-state index in [1.807, 2.05) is 0 Å². The molecule has 2 atom stereocenters. The van der Waals surface area contributed by atoms with Crippen molar-refractivity contribution in [3.05, 3.63) is 0 Å². The van der Waals surface area contributed by atoms with Gasteiger partial charge in [0.2, 0.25) is 6.85 Å². The van der Waals surface area contributed by atoms with E-state index in [4.69, 9.17) is 0 Å². The highest BCUT2D eigenvalue weighted by atomic mass is 15.1. The summed E-state index contributed by atoms with van der Waals surface area (Å²) in [5.74, 6) is 3.03. The summed E-state index contributed by atoms with van der Waals surface area (Å²) < 4.78 is 0. The summed E-state index contributed by atoms with van der Waals surface area (Å²) in [6.45, 7) is 16.5. The van der Waals surface area contributed by atoms with Crippen molar-refractivity contribution in [2.24, 2.45) is 17.8 Å². The van der Waals surface area contributed by atoms with Crippen LogP contribution in [0.3, 0.4) is 0 Å². The van der Waals surface area contributed by atoms with E-state index >= 15 is 0 Å². The van der Waals surface area contributed by atoms with Crippen molar-refractivity contribution in [1.82, 2.24) is 9.71 Å². The summed E-state index contributed by atoms with van der Waals surface area (Å²) in [5.41, 5.74) is 0. The van der Waals surface area contributed by atoms with Crippen molar-refractivity contribution < 1.29 is 0 Å². The smallest absolute Gasteiger partial charge is 0.223 e. The molecule has 1 aliphatic heterocycles. The van der Waals surface area contributed by atoms with Crippen LogP contribution >= 0.6 is 0 Å². The normalized spacial score (nSPS) is 30.3. The van der Waals surface area contributed by atoms with Gasteiger partial charge in [0.1, 0.15) is 0 Å². The van der Waals surface area contributed by atoms with Crippen molar-refractivity contribution in [2.75, 3.05) is 32.7 Å². The van der Waals surface area contributed by atoms with E-state index in [0.29, 0.717) is 0 Å². The summed E-state index contributed by atoms with van der Waals surface area (Å²) in [6.07, 6.45) is 7.50. The number of hydrogen-bond donors (Lipinski definition) is 0. The molecule has 2 nitrogen and oxygen atoms in total. The quantitative estimate of drug-likeness (QED) is 0.655. The second-order valence-corrected chi connectivity index (χ2v) is 7.14. The van der Waals surface area contributed by atoms with Crippen molar-refractivity contribution in [3.8, 4) is 0 Å². The molecule has 116 valence electrons. The largest absolute Gasteiger partial charge is 0.342 e. The predicted octanol–water partition coefficient (Wildman–Crippen LogP) is 3.71. The van der Waals surface area contributed by atoms with E-state index in [1.165, 1.54) is 64.6 Å². The first-order valence-electron chi connectivity index (χ1n) is 9.16. The molecule has 0 aromatic carbocycles. The van der Waals surface area contributed by atoms with Gasteiger partial charge in [0.25, 0.3) is 0 Å². The van der Waals surface area contributed by atoms with E-state index in [9.17, 15) is 0 Å². The second-order valence-electron chi connectivity index (χ2n) is 7.14.